The van der Waals surface area contributed by atoms with E-state index in [0.29, 0.717) is 5.69 Å². The molecule has 0 fully saturated rings. The second kappa shape index (κ2) is 5.40. The number of nitrogens with one attached hydrogen (secondary N) is 1. The highest BCUT2D eigenvalue weighted by Gasteiger charge is 2.15. The third-order valence-electron chi connectivity index (χ3n) is 2.75. The summed E-state index contributed by atoms with van der Waals surface area (Å²) < 4.78 is 0. The van der Waals surface area contributed by atoms with Crippen LogP contribution in [0, 0.1) is 13.8 Å². The van der Waals surface area contributed by atoms with Crippen LogP contribution in [-0.4, -0.2) is 25.0 Å². The molecule has 0 aliphatic carbocycles. The third kappa shape index (κ3) is 2.93. The summed E-state index contributed by atoms with van der Waals surface area (Å²) >= 11 is 1.54. The fourth-order valence-electron chi connectivity index (χ4n) is 1.89. The summed E-state index contributed by atoms with van der Waals surface area (Å²) in [7, 11) is 3.90. The van der Waals surface area contributed by atoms with Crippen LogP contribution in [0.4, 0.5) is 11.4 Å². The number of hydrogen-bond acceptors (Lipinski definition) is 4. The molecular weight excluding hydrogens is 258 g/mol. The first-order chi connectivity index (χ1) is 8.99. The van der Waals surface area contributed by atoms with Gasteiger partial charge in [-0.05, 0) is 26.0 Å². The minimum atomic E-state index is -0.156. The first-order valence-corrected chi connectivity index (χ1v) is 6.82. The van der Waals surface area contributed by atoms with E-state index in [4.69, 9.17) is 0 Å². The van der Waals surface area contributed by atoms with E-state index in [2.05, 4.69) is 10.3 Å². The number of aryl methyl sites for hydroxylation is 2. The Morgan fingerprint density at radius 3 is 2.53 bits per heavy atom. The van der Waals surface area contributed by atoms with Gasteiger partial charge in [-0.2, -0.15) is 0 Å². The maximum absolute atomic E-state index is 12.2. The Bertz CT molecular complexity index is 604. The number of anilines is 2. The van der Waals surface area contributed by atoms with Crippen LogP contribution in [0.5, 0.6) is 0 Å². The average Bonchev–Trinajstić information content (AvgIpc) is 2.69. The molecule has 1 aromatic heterocycles. The van der Waals surface area contributed by atoms with Crippen molar-refractivity contribution in [1.82, 2.24) is 4.98 Å². The fourth-order valence-corrected chi connectivity index (χ4v) is 2.71. The Morgan fingerprint density at radius 1 is 1.26 bits per heavy atom. The van der Waals surface area contributed by atoms with Crippen LogP contribution >= 0.6 is 11.3 Å². The van der Waals surface area contributed by atoms with E-state index in [1.807, 2.05) is 57.1 Å². The van der Waals surface area contributed by atoms with Gasteiger partial charge in [-0.15, -0.1) is 11.3 Å². The number of aromatic nitrogens is 1. The number of carbonyl (C=O) groups excluding carboxylic acids is 1. The van der Waals surface area contributed by atoms with Gasteiger partial charge in [-0.3, -0.25) is 4.79 Å². The standard InChI is InChI=1S/C14H17N3OS/c1-9-13(15-10(2)19-9)14(18)16-11-7-5-6-8-12(11)17(3)4/h5-8H,1-4H3,(H,16,18). The molecule has 1 amide bonds. The minimum absolute atomic E-state index is 0.156. The number of rotatable bonds is 3. The highest BCUT2D eigenvalue weighted by Crippen LogP contribution is 2.25. The van der Waals surface area contributed by atoms with Crippen LogP contribution in [0.3, 0.4) is 0 Å². The number of carbonyl (C=O) groups is 1. The summed E-state index contributed by atoms with van der Waals surface area (Å²) in [6.07, 6.45) is 0. The van der Waals surface area contributed by atoms with Crippen molar-refractivity contribution in [3.8, 4) is 0 Å². The second-order valence-electron chi connectivity index (χ2n) is 4.50. The summed E-state index contributed by atoms with van der Waals surface area (Å²) in [5.74, 6) is -0.156. The number of amides is 1. The number of hydrogen-bond donors (Lipinski definition) is 1. The van der Waals surface area contributed by atoms with Gasteiger partial charge in [0.2, 0.25) is 0 Å². The van der Waals surface area contributed by atoms with E-state index >= 15 is 0 Å². The molecule has 1 heterocycles. The molecule has 19 heavy (non-hydrogen) atoms. The van der Waals surface area contributed by atoms with Gasteiger partial charge in [0.25, 0.3) is 5.91 Å². The molecule has 4 nitrogen and oxygen atoms in total. The van der Waals surface area contributed by atoms with E-state index in [1.54, 1.807) is 0 Å². The van der Waals surface area contributed by atoms with Gasteiger partial charge in [0, 0.05) is 19.0 Å². The molecule has 0 saturated heterocycles. The quantitative estimate of drug-likeness (QED) is 0.936. The maximum atomic E-state index is 12.2. The van der Waals surface area contributed by atoms with Crippen LogP contribution < -0.4 is 10.2 Å². The van der Waals surface area contributed by atoms with Gasteiger partial charge in [0.05, 0.1) is 16.4 Å². The SMILES string of the molecule is Cc1nc(C(=O)Nc2ccccc2N(C)C)c(C)s1. The highest BCUT2D eigenvalue weighted by atomic mass is 32.1. The molecule has 0 spiro atoms. The molecule has 2 aromatic rings. The summed E-state index contributed by atoms with van der Waals surface area (Å²) in [6, 6.07) is 7.71. The predicted molar refractivity (Wildman–Crippen MR) is 80.3 cm³/mol. The smallest absolute Gasteiger partial charge is 0.275 e. The van der Waals surface area contributed by atoms with Gasteiger partial charge in [0.15, 0.2) is 0 Å². The molecule has 0 saturated carbocycles. The molecule has 1 N–H and O–H groups in total. The zero-order valence-corrected chi connectivity index (χ0v) is 12.3. The van der Waals surface area contributed by atoms with Crippen molar-refractivity contribution in [2.24, 2.45) is 0 Å². The second-order valence-corrected chi connectivity index (χ2v) is 5.91. The normalized spacial score (nSPS) is 10.3. The van der Waals surface area contributed by atoms with Crippen LogP contribution in [0.15, 0.2) is 24.3 Å². The average molecular weight is 275 g/mol. The molecule has 0 radical (unpaired) electrons. The molecule has 0 bridgehead atoms. The molecule has 0 atom stereocenters. The van der Waals surface area contributed by atoms with Crippen LogP contribution in [0.1, 0.15) is 20.4 Å². The number of para-hydroxylation sites is 2. The number of benzene rings is 1. The highest BCUT2D eigenvalue weighted by molar-refractivity contribution is 7.11. The largest absolute Gasteiger partial charge is 0.376 e. The molecule has 0 aliphatic rings. The van der Waals surface area contributed by atoms with Crippen molar-refractivity contribution < 1.29 is 4.79 Å². The number of nitrogens with zero attached hydrogens (tertiary/aromatic N) is 2. The van der Waals surface area contributed by atoms with Crippen molar-refractivity contribution in [2.75, 3.05) is 24.3 Å². The molecular formula is C14H17N3OS. The van der Waals surface area contributed by atoms with Crippen LogP contribution in [0.25, 0.3) is 0 Å². The Balaban J connectivity index is 2.27. The van der Waals surface area contributed by atoms with E-state index in [-0.39, 0.29) is 5.91 Å². The van der Waals surface area contributed by atoms with E-state index in [9.17, 15) is 4.79 Å². The first-order valence-electron chi connectivity index (χ1n) is 6.00. The lowest BCUT2D eigenvalue weighted by Crippen LogP contribution is -2.17. The Kier molecular flexibility index (Phi) is 3.85. The van der Waals surface area contributed by atoms with Crippen molar-refractivity contribution in [2.45, 2.75) is 13.8 Å². The third-order valence-corrected chi connectivity index (χ3v) is 3.64. The van der Waals surface area contributed by atoms with Gasteiger partial charge in [0.1, 0.15) is 5.69 Å². The molecule has 0 unspecified atom stereocenters. The molecule has 5 heteroatoms. The monoisotopic (exact) mass is 275 g/mol. The van der Waals surface area contributed by atoms with Crippen molar-refractivity contribution in [3.63, 3.8) is 0 Å². The molecule has 1 aromatic carbocycles. The summed E-state index contributed by atoms with van der Waals surface area (Å²) in [6.45, 7) is 3.82. The molecule has 0 aliphatic heterocycles. The van der Waals surface area contributed by atoms with Crippen LogP contribution in [-0.2, 0) is 0 Å². The van der Waals surface area contributed by atoms with Gasteiger partial charge in [-0.25, -0.2) is 4.98 Å². The Morgan fingerprint density at radius 2 is 1.95 bits per heavy atom. The zero-order chi connectivity index (χ0) is 14.0. The predicted octanol–water partition coefficient (Wildman–Crippen LogP) is 3.08. The molecule has 100 valence electrons. The first kappa shape index (κ1) is 13.5. The Hall–Kier alpha value is -1.88. The van der Waals surface area contributed by atoms with Crippen LogP contribution in [0.2, 0.25) is 0 Å². The lowest BCUT2D eigenvalue weighted by Gasteiger charge is -2.17. The zero-order valence-electron chi connectivity index (χ0n) is 11.5. The number of thiazole rings is 1. The maximum Gasteiger partial charge on any atom is 0.275 e. The summed E-state index contributed by atoms with van der Waals surface area (Å²) in [4.78, 5) is 19.4. The van der Waals surface area contributed by atoms with E-state index in [0.717, 1.165) is 21.3 Å². The topological polar surface area (TPSA) is 45.2 Å². The van der Waals surface area contributed by atoms with Gasteiger partial charge >= 0.3 is 0 Å². The van der Waals surface area contributed by atoms with Crippen molar-refractivity contribution in [1.29, 1.82) is 0 Å². The fraction of sp³-hybridized carbons (Fsp3) is 0.286. The van der Waals surface area contributed by atoms with Gasteiger partial charge in [-0.1, -0.05) is 12.1 Å². The summed E-state index contributed by atoms with van der Waals surface area (Å²) in [5.41, 5.74) is 2.28. The van der Waals surface area contributed by atoms with Crippen molar-refractivity contribution in [3.05, 3.63) is 39.8 Å². The van der Waals surface area contributed by atoms with E-state index in [1.165, 1.54) is 11.3 Å². The van der Waals surface area contributed by atoms with E-state index < -0.39 is 0 Å². The molecule has 2 rings (SSSR count). The summed E-state index contributed by atoms with van der Waals surface area (Å²) in [5, 5.41) is 3.83. The van der Waals surface area contributed by atoms with Gasteiger partial charge < -0.3 is 10.2 Å². The lowest BCUT2D eigenvalue weighted by atomic mass is 10.2. The lowest BCUT2D eigenvalue weighted by molar-refractivity contribution is 0.102. The van der Waals surface area contributed by atoms with Crippen molar-refractivity contribution >= 4 is 28.6 Å². The minimum Gasteiger partial charge on any atom is -0.376 e. The Labute approximate surface area is 117 Å².